The second kappa shape index (κ2) is 30.9. The molecule has 1 aromatic carbocycles. The lowest BCUT2D eigenvalue weighted by molar-refractivity contribution is -0.903. The minimum absolute atomic E-state index is 0.0289. The maximum Gasteiger partial charge on any atom is 0.397 e. The smallest absolute Gasteiger partial charge is 0.397 e. The highest BCUT2D eigenvalue weighted by atomic mass is 32.3. The first-order valence-corrected chi connectivity index (χ1v) is 18.7. The minimum Gasteiger partial charge on any atom is -0.726 e. The molecule has 10 nitrogen and oxygen atoms in total. The number of rotatable bonds is 21. The molecule has 0 bridgehead atoms. The molecule has 0 saturated carbocycles. The van der Waals surface area contributed by atoms with Gasteiger partial charge in [-0.1, -0.05) is 121 Å². The lowest BCUT2D eigenvalue weighted by atomic mass is 10.0. The fourth-order valence-electron chi connectivity index (χ4n) is 4.18. The van der Waals surface area contributed by atoms with Crippen LogP contribution in [-0.2, 0) is 35.7 Å². The van der Waals surface area contributed by atoms with Gasteiger partial charge in [0.2, 0.25) is 10.4 Å². The summed E-state index contributed by atoms with van der Waals surface area (Å²) in [5, 5.41) is 0. The van der Waals surface area contributed by atoms with E-state index in [0.717, 1.165) is 17.6 Å². The minimum atomic E-state index is -4.42. The first kappa shape index (κ1) is 46.3. The first-order valence-electron chi connectivity index (χ1n) is 16.0. The van der Waals surface area contributed by atoms with Crippen LogP contribution in [0.15, 0.2) is 30.3 Å². The Balaban J connectivity index is -0.000000765. The van der Waals surface area contributed by atoms with E-state index in [-0.39, 0.29) is 13.2 Å². The molecule has 43 heavy (non-hydrogen) atoms. The van der Waals surface area contributed by atoms with Crippen molar-refractivity contribution >= 4 is 20.8 Å². The van der Waals surface area contributed by atoms with Gasteiger partial charge >= 0.3 is 10.4 Å². The normalized spacial score (nSPS) is 11.4. The molecule has 0 aliphatic carbocycles. The fraction of sp³-hybridized carbons (Fsp3) is 0.806. The monoisotopic (exact) mass is 656 g/mol. The van der Waals surface area contributed by atoms with Gasteiger partial charge in [-0.25, -0.2) is 12.6 Å². The highest BCUT2D eigenvalue weighted by Gasteiger charge is 2.14. The van der Waals surface area contributed by atoms with Gasteiger partial charge < -0.3 is 14.8 Å². The number of quaternary nitrogens is 1. The van der Waals surface area contributed by atoms with Crippen LogP contribution in [0.5, 0.6) is 0 Å². The summed E-state index contributed by atoms with van der Waals surface area (Å²) in [6, 6.07) is 10.9. The Morgan fingerprint density at radius 1 is 0.698 bits per heavy atom. The van der Waals surface area contributed by atoms with Gasteiger partial charge in [-0.15, -0.1) is 0 Å². The quantitative estimate of drug-likeness (QED) is 0.0614. The van der Waals surface area contributed by atoms with Crippen molar-refractivity contribution in [2.75, 3.05) is 40.4 Å². The van der Waals surface area contributed by atoms with Crippen LogP contribution in [0.1, 0.15) is 123 Å². The molecule has 0 heterocycles. The molecule has 1 rings (SSSR count). The summed E-state index contributed by atoms with van der Waals surface area (Å²) in [7, 11) is -3.86. The van der Waals surface area contributed by atoms with E-state index in [2.05, 4.69) is 59.7 Å². The van der Waals surface area contributed by atoms with Crippen molar-refractivity contribution in [1.82, 2.24) is 0 Å². The molecule has 0 radical (unpaired) electrons. The molecule has 0 aromatic heterocycles. The summed E-state index contributed by atoms with van der Waals surface area (Å²) in [6.07, 6.45) is 20.2. The van der Waals surface area contributed by atoms with Crippen molar-refractivity contribution < 1.29 is 38.8 Å². The SMILES string of the molecule is CCCCCCCCCCCCCCCC[N+](C)(C)Cc1ccccc1.CCN.CCOS(=O)(=O)O.CCOS(=O)(=O)[O-]. The third kappa shape index (κ3) is 45.4. The number of unbranched alkanes of at least 4 members (excludes halogenated alkanes) is 13. The summed E-state index contributed by atoms with van der Waals surface area (Å²) >= 11 is 0. The molecular formula is C31H64N2O8S2. The predicted molar refractivity (Wildman–Crippen MR) is 177 cm³/mol. The average Bonchev–Trinajstić information content (AvgIpc) is 2.89. The number of hydrogen-bond donors (Lipinski definition) is 2. The molecule has 1 aromatic rings. The molecule has 0 aliphatic heterocycles. The topological polar surface area (TPSA) is 156 Å². The van der Waals surface area contributed by atoms with Gasteiger partial charge in [-0.2, -0.15) is 8.42 Å². The molecule has 258 valence electrons. The summed E-state index contributed by atoms with van der Waals surface area (Å²) in [4.78, 5) is 0. The maximum absolute atomic E-state index is 9.56. The highest BCUT2D eigenvalue weighted by molar-refractivity contribution is 7.81. The van der Waals surface area contributed by atoms with E-state index >= 15 is 0 Å². The van der Waals surface area contributed by atoms with Crippen molar-refractivity contribution in [3.05, 3.63) is 35.9 Å². The molecule has 0 atom stereocenters. The molecule has 0 spiro atoms. The third-order valence-electron chi connectivity index (χ3n) is 6.10. The van der Waals surface area contributed by atoms with Gasteiger partial charge in [-0.3, -0.25) is 8.74 Å². The van der Waals surface area contributed by atoms with E-state index in [9.17, 15) is 21.4 Å². The second-order valence-electron chi connectivity index (χ2n) is 11.0. The van der Waals surface area contributed by atoms with E-state index in [1.807, 2.05) is 6.92 Å². The van der Waals surface area contributed by atoms with Crippen LogP contribution < -0.4 is 5.73 Å². The lowest BCUT2D eigenvalue weighted by Gasteiger charge is -2.30. The van der Waals surface area contributed by atoms with E-state index < -0.39 is 20.8 Å². The average molecular weight is 657 g/mol. The highest BCUT2D eigenvalue weighted by Crippen LogP contribution is 2.15. The molecule has 0 saturated heterocycles. The number of hydrogen-bond acceptors (Lipinski definition) is 8. The summed E-state index contributed by atoms with van der Waals surface area (Å²) < 4.78 is 63.8. The molecular weight excluding hydrogens is 592 g/mol. The molecule has 3 N–H and O–H groups in total. The Labute approximate surface area is 265 Å². The van der Waals surface area contributed by atoms with E-state index in [0.29, 0.717) is 0 Å². The molecule has 0 fully saturated rings. The van der Waals surface area contributed by atoms with Crippen LogP contribution in [0.4, 0.5) is 0 Å². The van der Waals surface area contributed by atoms with Crippen molar-refractivity contribution in [2.45, 2.75) is 124 Å². The van der Waals surface area contributed by atoms with Crippen molar-refractivity contribution in [1.29, 1.82) is 0 Å². The third-order valence-corrected chi connectivity index (χ3v) is 7.16. The van der Waals surface area contributed by atoms with Crippen molar-refractivity contribution in [2.24, 2.45) is 5.73 Å². The zero-order chi connectivity index (χ0) is 33.5. The number of benzene rings is 1. The Hall–Kier alpha value is -1.12. The van der Waals surface area contributed by atoms with Crippen molar-refractivity contribution in [3.8, 4) is 0 Å². The Morgan fingerprint density at radius 3 is 1.35 bits per heavy atom. The molecule has 12 heteroatoms. The van der Waals surface area contributed by atoms with Gasteiger partial charge in [0, 0.05) is 5.56 Å². The predicted octanol–water partition coefficient (Wildman–Crippen LogP) is 7.02. The molecule has 0 unspecified atom stereocenters. The maximum atomic E-state index is 9.56. The second-order valence-corrected chi connectivity index (χ2v) is 13.1. The number of nitrogens with zero attached hydrogens (tertiary/aromatic N) is 1. The lowest BCUT2D eigenvalue weighted by Crippen LogP contribution is -2.39. The van der Waals surface area contributed by atoms with E-state index in [1.54, 1.807) is 0 Å². The van der Waals surface area contributed by atoms with Crippen LogP contribution in [0, 0.1) is 0 Å². The largest absolute Gasteiger partial charge is 0.726 e. The van der Waals surface area contributed by atoms with Gasteiger partial charge in [-0.05, 0) is 33.2 Å². The van der Waals surface area contributed by atoms with Crippen LogP contribution in [0.3, 0.4) is 0 Å². The van der Waals surface area contributed by atoms with Gasteiger partial charge in [0.25, 0.3) is 0 Å². The van der Waals surface area contributed by atoms with Crippen LogP contribution in [0.25, 0.3) is 0 Å². The standard InChI is InChI=1S/C25H46N.C2H7N.2C2H6O4S/c1-4-5-6-7-8-9-10-11-12-13-14-15-16-20-23-26(2,3)24-25-21-18-17-19-22-25;1-2-3;2*1-2-6-7(3,4)5/h17-19,21-22H,4-16,20,23-24H2,1-3H3;2-3H2,1H3;2*2H2,1H3,(H,3,4,5)/q+1;;;/p-1. The Morgan fingerprint density at radius 2 is 1.07 bits per heavy atom. The van der Waals surface area contributed by atoms with E-state index in [1.165, 1.54) is 116 Å². The van der Waals surface area contributed by atoms with Gasteiger partial charge in [0.05, 0.1) is 33.9 Å². The summed E-state index contributed by atoms with van der Waals surface area (Å²) in [6.45, 7) is 10.2. The Bertz CT molecular complexity index is 879. The molecule has 0 amide bonds. The zero-order valence-corrected chi connectivity index (χ0v) is 29.6. The van der Waals surface area contributed by atoms with Crippen molar-refractivity contribution in [3.63, 3.8) is 0 Å². The summed E-state index contributed by atoms with van der Waals surface area (Å²) in [5.41, 5.74) is 6.31. The van der Waals surface area contributed by atoms with Crippen LogP contribution >= 0.6 is 0 Å². The van der Waals surface area contributed by atoms with Crippen LogP contribution in [0.2, 0.25) is 0 Å². The Kier molecular flexibility index (Phi) is 33.3. The summed E-state index contributed by atoms with van der Waals surface area (Å²) in [5.74, 6) is 0. The first-order chi connectivity index (χ1) is 20.2. The fourth-order valence-corrected chi connectivity index (χ4v) is 4.77. The van der Waals surface area contributed by atoms with Gasteiger partial charge in [0.15, 0.2) is 0 Å². The van der Waals surface area contributed by atoms with Gasteiger partial charge in [0.1, 0.15) is 6.54 Å². The van der Waals surface area contributed by atoms with Crippen LogP contribution in [-0.4, -0.2) is 70.8 Å². The van der Waals surface area contributed by atoms with E-state index in [4.69, 9.17) is 10.3 Å². The molecule has 0 aliphatic rings. The number of nitrogens with two attached hydrogens (primary N) is 1. The zero-order valence-electron chi connectivity index (χ0n) is 28.0.